The van der Waals surface area contributed by atoms with Crippen molar-refractivity contribution >= 4 is 23.5 Å². The molecule has 0 saturated carbocycles. The predicted octanol–water partition coefficient (Wildman–Crippen LogP) is 2.26. The first-order chi connectivity index (χ1) is 6.27. The minimum Gasteiger partial charge on any atom is -0.369 e. The van der Waals surface area contributed by atoms with E-state index >= 15 is 0 Å². The zero-order valence-electron chi connectivity index (χ0n) is 8.10. The summed E-state index contributed by atoms with van der Waals surface area (Å²) in [6, 6.07) is 0. The maximum absolute atomic E-state index is 5.63. The molecule has 6 atom stereocenters. The van der Waals surface area contributed by atoms with Gasteiger partial charge in [0.25, 0.3) is 0 Å². The first-order valence-corrected chi connectivity index (χ1v) is 7.26. The number of thioether (sulfide) groups is 2. The molecule has 3 aliphatic rings. The molecule has 3 heteroatoms. The predicted molar refractivity (Wildman–Crippen MR) is 59.5 cm³/mol. The van der Waals surface area contributed by atoms with Crippen molar-refractivity contribution in [3.63, 3.8) is 0 Å². The Kier molecular flexibility index (Phi) is 2.11. The smallest absolute Gasteiger partial charge is 0.0960 e. The summed E-state index contributed by atoms with van der Waals surface area (Å²) in [5.41, 5.74) is 0. The third-order valence-electron chi connectivity index (χ3n) is 3.65. The molecule has 3 rings (SSSR count). The van der Waals surface area contributed by atoms with Gasteiger partial charge in [-0.1, -0.05) is 6.92 Å². The third-order valence-corrected chi connectivity index (χ3v) is 6.60. The summed E-state index contributed by atoms with van der Waals surface area (Å²) in [6.07, 6.45) is 1.15. The number of rotatable bonds is 1. The molecule has 3 heterocycles. The average Bonchev–Trinajstić information content (AvgIpc) is 2.60. The van der Waals surface area contributed by atoms with Gasteiger partial charge in [0.1, 0.15) is 0 Å². The van der Waals surface area contributed by atoms with E-state index < -0.39 is 0 Å². The molecule has 6 unspecified atom stereocenters. The Morgan fingerprint density at radius 1 is 1.15 bits per heavy atom. The number of epoxide rings is 1. The largest absolute Gasteiger partial charge is 0.369 e. The fourth-order valence-corrected chi connectivity index (χ4v) is 6.58. The highest BCUT2D eigenvalue weighted by molar-refractivity contribution is 8.02. The molecule has 13 heavy (non-hydrogen) atoms. The maximum Gasteiger partial charge on any atom is 0.0960 e. The van der Waals surface area contributed by atoms with Gasteiger partial charge in [-0.15, -0.1) is 0 Å². The van der Waals surface area contributed by atoms with E-state index in [-0.39, 0.29) is 0 Å². The van der Waals surface area contributed by atoms with Crippen molar-refractivity contribution in [1.82, 2.24) is 0 Å². The highest BCUT2D eigenvalue weighted by Crippen LogP contribution is 2.54. The minimum atomic E-state index is 0.550. The van der Waals surface area contributed by atoms with E-state index in [4.69, 9.17) is 4.74 Å². The molecule has 74 valence electrons. The molecule has 1 nitrogen and oxygen atoms in total. The monoisotopic (exact) mass is 216 g/mol. The number of hydrogen-bond acceptors (Lipinski definition) is 3. The lowest BCUT2D eigenvalue weighted by Gasteiger charge is -2.13. The highest BCUT2D eigenvalue weighted by Gasteiger charge is 2.54. The van der Waals surface area contributed by atoms with Crippen LogP contribution in [-0.4, -0.2) is 34.2 Å². The zero-order chi connectivity index (χ0) is 9.00. The normalized spacial score (nSPS) is 59.5. The van der Waals surface area contributed by atoms with Gasteiger partial charge in [0.15, 0.2) is 0 Å². The molecule has 0 aromatic rings. The SMILES string of the molecule is CC1OC1C1SC(C)C2CSCC21. The van der Waals surface area contributed by atoms with E-state index in [1.807, 2.05) is 0 Å². The summed E-state index contributed by atoms with van der Waals surface area (Å²) in [7, 11) is 0. The summed E-state index contributed by atoms with van der Waals surface area (Å²) >= 11 is 4.34. The molecule has 3 saturated heterocycles. The quantitative estimate of drug-likeness (QED) is 0.624. The van der Waals surface area contributed by atoms with Gasteiger partial charge in [0.2, 0.25) is 0 Å². The Hall–Kier alpha value is 0.660. The lowest BCUT2D eigenvalue weighted by atomic mass is 9.89. The van der Waals surface area contributed by atoms with E-state index in [0.29, 0.717) is 12.2 Å². The summed E-state index contributed by atoms with van der Waals surface area (Å²) < 4.78 is 5.63. The number of hydrogen-bond donors (Lipinski definition) is 0. The lowest BCUT2D eigenvalue weighted by molar-refractivity contribution is 0.337. The van der Waals surface area contributed by atoms with Gasteiger partial charge in [-0.3, -0.25) is 0 Å². The molecular formula is C10H16OS2. The maximum atomic E-state index is 5.63. The standard InChI is InChI=1S/C10H16OS2/c1-5-9(11-5)10-8-4-12-3-7(8)6(2)13-10/h5-10H,3-4H2,1-2H3. The second-order valence-corrected chi connectivity index (χ2v) is 7.11. The Labute approximate surface area is 88.4 Å². The van der Waals surface area contributed by atoms with Crippen molar-refractivity contribution in [1.29, 1.82) is 0 Å². The van der Waals surface area contributed by atoms with Gasteiger partial charge in [-0.25, -0.2) is 0 Å². The molecule has 3 fully saturated rings. The summed E-state index contributed by atoms with van der Waals surface area (Å²) in [4.78, 5) is 0. The lowest BCUT2D eigenvalue weighted by Crippen LogP contribution is -2.23. The van der Waals surface area contributed by atoms with E-state index in [2.05, 4.69) is 37.4 Å². The highest BCUT2D eigenvalue weighted by atomic mass is 32.2. The van der Waals surface area contributed by atoms with Gasteiger partial charge >= 0.3 is 0 Å². The van der Waals surface area contributed by atoms with Crippen LogP contribution in [0.25, 0.3) is 0 Å². The number of fused-ring (bicyclic) bond motifs is 1. The van der Waals surface area contributed by atoms with Crippen LogP contribution in [0.15, 0.2) is 0 Å². The van der Waals surface area contributed by atoms with Crippen LogP contribution < -0.4 is 0 Å². The summed E-state index contributed by atoms with van der Waals surface area (Å²) in [5.74, 6) is 4.73. The van der Waals surface area contributed by atoms with E-state index in [1.54, 1.807) is 0 Å². The molecular weight excluding hydrogens is 200 g/mol. The van der Waals surface area contributed by atoms with E-state index in [0.717, 1.165) is 22.3 Å². The number of ether oxygens (including phenoxy) is 1. The molecule has 0 radical (unpaired) electrons. The van der Waals surface area contributed by atoms with Crippen LogP contribution >= 0.6 is 23.5 Å². The fourth-order valence-electron chi connectivity index (χ4n) is 2.73. The second-order valence-electron chi connectivity index (χ2n) is 4.48. The van der Waals surface area contributed by atoms with Crippen molar-refractivity contribution in [2.75, 3.05) is 11.5 Å². The second kappa shape index (κ2) is 3.07. The van der Waals surface area contributed by atoms with Crippen LogP contribution in [0.5, 0.6) is 0 Å². The van der Waals surface area contributed by atoms with Crippen molar-refractivity contribution in [3.8, 4) is 0 Å². The molecule has 3 aliphatic heterocycles. The van der Waals surface area contributed by atoms with Gasteiger partial charge in [0, 0.05) is 10.5 Å². The molecule has 0 spiro atoms. The van der Waals surface area contributed by atoms with Gasteiger partial charge < -0.3 is 4.74 Å². The Balaban J connectivity index is 1.75. The minimum absolute atomic E-state index is 0.550. The molecule has 0 aromatic heterocycles. The van der Waals surface area contributed by atoms with Crippen molar-refractivity contribution in [2.45, 2.75) is 36.6 Å². The summed E-state index contributed by atoms with van der Waals surface area (Å²) in [6.45, 7) is 4.62. The average molecular weight is 216 g/mol. The summed E-state index contributed by atoms with van der Waals surface area (Å²) in [5, 5.41) is 1.70. The first-order valence-electron chi connectivity index (χ1n) is 5.16. The molecule has 0 amide bonds. The van der Waals surface area contributed by atoms with E-state index in [9.17, 15) is 0 Å². The Bertz CT molecular complexity index is 221. The van der Waals surface area contributed by atoms with Gasteiger partial charge in [0.05, 0.1) is 12.2 Å². The van der Waals surface area contributed by atoms with Crippen LogP contribution in [0.3, 0.4) is 0 Å². The van der Waals surface area contributed by atoms with Gasteiger partial charge in [-0.2, -0.15) is 23.5 Å². The molecule has 0 aromatic carbocycles. The van der Waals surface area contributed by atoms with Crippen LogP contribution in [0.4, 0.5) is 0 Å². The zero-order valence-corrected chi connectivity index (χ0v) is 9.74. The Morgan fingerprint density at radius 3 is 2.54 bits per heavy atom. The topological polar surface area (TPSA) is 12.5 Å². The van der Waals surface area contributed by atoms with Crippen molar-refractivity contribution in [3.05, 3.63) is 0 Å². The van der Waals surface area contributed by atoms with Gasteiger partial charge in [-0.05, 0) is 30.3 Å². The third kappa shape index (κ3) is 1.35. The van der Waals surface area contributed by atoms with Crippen LogP contribution in [0.1, 0.15) is 13.8 Å². The van der Waals surface area contributed by atoms with E-state index in [1.165, 1.54) is 11.5 Å². The van der Waals surface area contributed by atoms with Crippen molar-refractivity contribution in [2.24, 2.45) is 11.8 Å². The fraction of sp³-hybridized carbons (Fsp3) is 1.00. The van der Waals surface area contributed by atoms with Crippen LogP contribution in [0.2, 0.25) is 0 Å². The van der Waals surface area contributed by atoms with Crippen LogP contribution in [0, 0.1) is 11.8 Å². The molecule has 0 bridgehead atoms. The molecule has 0 aliphatic carbocycles. The van der Waals surface area contributed by atoms with Crippen LogP contribution in [-0.2, 0) is 4.74 Å². The molecule has 0 N–H and O–H groups in total. The van der Waals surface area contributed by atoms with Crippen molar-refractivity contribution < 1.29 is 4.74 Å². The first kappa shape index (κ1) is 8.93. The Morgan fingerprint density at radius 2 is 1.85 bits per heavy atom.